The summed E-state index contributed by atoms with van der Waals surface area (Å²) in [6.45, 7) is 0.409. The van der Waals surface area contributed by atoms with Gasteiger partial charge in [0, 0.05) is 18.5 Å². The molecule has 3 rings (SSSR count). The molecule has 1 amide bonds. The summed E-state index contributed by atoms with van der Waals surface area (Å²) in [5, 5.41) is 4.86. The summed E-state index contributed by atoms with van der Waals surface area (Å²) in [4.78, 5) is 18.3. The Balaban J connectivity index is 1.70. The van der Waals surface area contributed by atoms with Gasteiger partial charge in [-0.15, -0.1) is 0 Å². The van der Waals surface area contributed by atoms with Crippen LogP contribution in [0.25, 0.3) is 11.0 Å². The number of methoxy groups -OCH3 is 1. The molecule has 0 radical (unpaired) electrons. The monoisotopic (exact) mass is 311 g/mol. The summed E-state index contributed by atoms with van der Waals surface area (Å²) in [5.74, 6) is 0.486. The van der Waals surface area contributed by atoms with Crippen LogP contribution in [0.5, 0.6) is 5.88 Å². The smallest absolute Gasteiger partial charge is 0.228 e. The first-order chi connectivity index (χ1) is 11.2. The zero-order valence-electron chi connectivity index (χ0n) is 13.0. The van der Waals surface area contributed by atoms with Crippen molar-refractivity contribution in [2.24, 2.45) is 0 Å². The number of likely N-dealkylation sites (N-methyl/N-ethyl adjacent to an activating group) is 1. The molecule has 0 N–H and O–H groups in total. The van der Waals surface area contributed by atoms with Gasteiger partial charge in [0.05, 0.1) is 25.8 Å². The molecule has 23 heavy (non-hydrogen) atoms. The average molecular weight is 311 g/mol. The third-order valence-corrected chi connectivity index (χ3v) is 3.59. The molecule has 1 aromatic carbocycles. The number of hydrogen-bond acceptors (Lipinski definition) is 5. The number of pyridine rings is 1. The maximum absolute atomic E-state index is 12.4. The Morgan fingerprint density at radius 1 is 1.22 bits per heavy atom. The number of benzene rings is 1. The van der Waals surface area contributed by atoms with Crippen molar-refractivity contribution >= 4 is 16.9 Å². The number of amides is 1. The Kier molecular flexibility index (Phi) is 4.23. The predicted octanol–water partition coefficient (Wildman–Crippen LogP) is 2.43. The van der Waals surface area contributed by atoms with Gasteiger partial charge in [-0.25, -0.2) is 4.98 Å². The lowest BCUT2D eigenvalue weighted by Crippen LogP contribution is -2.28. The zero-order valence-corrected chi connectivity index (χ0v) is 13.0. The minimum Gasteiger partial charge on any atom is -0.481 e. The highest BCUT2D eigenvalue weighted by atomic mass is 16.5. The van der Waals surface area contributed by atoms with Gasteiger partial charge in [0.25, 0.3) is 0 Å². The van der Waals surface area contributed by atoms with Crippen molar-refractivity contribution in [2.45, 2.75) is 13.0 Å². The van der Waals surface area contributed by atoms with Gasteiger partial charge in [0.2, 0.25) is 11.8 Å². The molecule has 0 fully saturated rings. The molecular weight excluding hydrogens is 294 g/mol. The molecule has 0 saturated carbocycles. The average Bonchev–Trinajstić information content (AvgIpc) is 2.98. The van der Waals surface area contributed by atoms with E-state index in [-0.39, 0.29) is 12.3 Å². The Labute approximate surface area is 133 Å². The number of rotatable bonds is 5. The Hall–Kier alpha value is -2.89. The largest absolute Gasteiger partial charge is 0.481 e. The number of aromatic nitrogens is 2. The summed E-state index contributed by atoms with van der Waals surface area (Å²) in [6, 6.07) is 13.0. The zero-order chi connectivity index (χ0) is 16.2. The Morgan fingerprint density at radius 2 is 2.04 bits per heavy atom. The molecule has 6 heteroatoms. The number of carbonyl (C=O) groups excluding carboxylic acids is 1. The molecule has 6 nitrogen and oxygen atoms in total. The van der Waals surface area contributed by atoms with Crippen LogP contribution in [0.3, 0.4) is 0 Å². The van der Waals surface area contributed by atoms with Crippen LogP contribution in [0.15, 0.2) is 47.0 Å². The fourth-order valence-electron chi connectivity index (χ4n) is 2.33. The number of hydrogen-bond donors (Lipinski definition) is 0. The van der Waals surface area contributed by atoms with E-state index in [1.807, 2.05) is 36.4 Å². The van der Waals surface area contributed by atoms with Crippen molar-refractivity contribution in [1.82, 2.24) is 15.0 Å². The number of ether oxygens (including phenoxy) is 1. The summed E-state index contributed by atoms with van der Waals surface area (Å²) in [6.07, 6.45) is 0.192. The summed E-state index contributed by atoms with van der Waals surface area (Å²) in [7, 11) is 3.31. The molecule has 0 bridgehead atoms. The highest BCUT2D eigenvalue weighted by Gasteiger charge is 2.16. The lowest BCUT2D eigenvalue weighted by Gasteiger charge is -2.16. The van der Waals surface area contributed by atoms with Crippen LogP contribution in [0.1, 0.15) is 11.4 Å². The van der Waals surface area contributed by atoms with Gasteiger partial charge in [0.15, 0.2) is 5.58 Å². The third kappa shape index (κ3) is 3.31. The van der Waals surface area contributed by atoms with Crippen molar-refractivity contribution in [3.05, 3.63) is 53.9 Å². The summed E-state index contributed by atoms with van der Waals surface area (Å²) in [5.41, 5.74) is 2.11. The van der Waals surface area contributed by atoms with Gasteiger partial charge < -0.3 is 14.2 Å². The summed E-state index contributed by atoms with van der Waals surface area (Å²) < 4.78 is 10.3. The third-order valence-electron chi connectivity index (χ3n) is 3.59. The van der Waals surface area contributed by atoms with E-state index >= 15 is 0 Å². The first kappa shape index (κ1) is 15.0. The van der Waals surface area contributed by atoms with Crippen molar-refractivity contribution in [1.29, 1.82) is 0 Å². The van der Waals surface area contributed by atoms with Gasteiger partial charge in [-0.1, -0.05) is 23.4 Å². The van der Waals surface area contributed by atoms with Crippen LogP contribution in [-0.4, -0.2) is 35.1 Å². The second-order valence-corrected chi connectivity index (χ2v) is 5.22. The molecular formula is C17H17N3O3. The molecule has 2 heterocycles. The van der Waals surface area contributed by atoms with Crippen LogP contribution in [0.2, 0.25) is 0 Å². The van der Waals surface area contributed by atoms with E-state index in [0.29, 0.717) is 23.7 Å². The Morgan fingerprint density at radius 3 is 2.87 bits per heavy atom. The predicted molar refractivity (Wildman–Crippen MR) is 85.0 cm³/mol. The SMILES string of the molecule is COc1cccc(CN(C)C(=O)Cc2noc3ccccc23)n1. The lowest BCUT2D eigenvalue weighted by molar-refractivity contribution is -0.129. The van der Waals surface area contributed by atoms with Gasteiger partial charge >= 0.3 is 0 Å². The summed E-state index contributed by atoms with van der Waals surface area (Å²) >= 11 is 0. The Bertz CT molecular complexity index is 829. The van der Waals surface area contributed by atoms with E-state index in [4.69, 9.17) is 9.26 Å². The molecule has 0 aliphatic rings. The van der Waals surface area contributed by atoms with E-state index in [1.165, 1.54) is 0 Å². The molecule has 118 valence electrons. The van der Waals surface area contributed by atoms with Crippen LogP contribution in [-0.2, 0) is 17.8 Å². The number of nitrogens with zero attached hydrogens (tertiary/aromatic N) is 3. The molecule has 0 spiro atoms. The number of para-hydroxylation sites is 1. The molecule has 0 aliphatic heterocycles. The molecule has 2 aromatic heterocycles. The topological polar surface area (TPSA) is 68.5 Å². The second kappa shape index (κ2) is 6.48. The highest BCUT2D eigenvalue weighted by molar-refractivity contribution is 5.86. The normalized spacial score (nSPS) is 10.7. The van der Waals surface area contributed by atoms with E-state index < -0.39 is 0 Å². The van der Waals surface area contributed by atoms with Crippen LogP contribution >= 0.6 is 0 Å². The van der Waals surface area contributed by atoms with Gasteiger partial charge in [-0.3, -0.25) is 4.79 Å². The highest BCUT2D eigenvalue weighted by Crippen LogP contribution is 2.19. The van der Waals surface area contributed by atoms with E-state index in [1.54, 1.807) is 25.1 Å². The standard InChI is InChI=1S/C17H17N3O3/c1-20(11-12-6-5-9-16(18-12)22-2)17(21)10-14-13-7-3-4-8-15(13)23-19-14/h3-9H,10-11H2,1-2H3. The lowest BCUT2D eigenvalue weighted by atomic mass is 10.1. The molecule has 0 aliphatic carbocycles. The maximum Gasteiger partial charge on any atom is 0.228 e. The van der Waals surface area contributed by atoms with Gasteiger partial charge in [-0.2, -0.15) is 0 Å². The molecule has 0 unspecified atom stereocenters. The molecule has 0 saturated heterocycles. The van der Waals surface area contributed by atoms with Gasteiger partial charge in [-0.05, 0) is 18.2 Å². The van der Waals surface area contributed by atoms with Crippen molar-refractivity contribution < 1.29 is 14.1 Å². The first-order valence-corrected chi connectivity index (χ1v) is 7.24. The fourth-order valence-corrected chi connectivity index (χ4v) is 2.33. The van der Waals surface area contributed by atoms with Crippen LogP contribution in [0, 0.1) is 0 Å². The van der Waals surface area contributed by atoms with Crippen molar-refractivity contribution in [3.63, 3.8) is 0 Å². The van der Waals surface area contributed by atoms with Crippen molar-refractivity contribution in [2.75, 3.05) is 14.2 Å². The van der Waals surface area contributed by atoms with E-state index in [2.05, 4.69) is 10.1 Å². The van der Waals surface area contributed by atoms with Crippen LogP contribution < -0.4 is 4.74 Å². The quantitative estimate of drug-likeness (QED) is 0.724. The fraction of sp³-hybridized carbons (Fsp3) is 0.235. The van der Waals surface area contributed by atoms with Crippen molar-refractivity contribution in [3.8, 4) is 5.88 Å². The maximum atomic E-state index is 12.4. The first-order valence-electron chi connectivity index (χ1n) is 7.24. The minimum atomic E-state index is -0.0475. The van der Waals surface area contributed by atoms with Gasteiger partial charge in [0.1, 0.15) is 5.69 Å². The minimum absolute atomic E-state index is 0.0475. The van der Waals surface area contributed by atoms with E-state index in [9.17, 15) is 4.79 Å². The molecule has 0 atom stereocenters. The number of carbonyl (C=O) groups is 1. The molecule has 3 aromatic rings. The second-order valence-electron chi connectivity index (χ2n) is 5.22. The van der Waals surface area contributed by atoms with Crippen LogP contribution in [0.4, 0.5) is 0 Å². The number of fused-ring (bicyclic) bond motifs is 1. The van der Waals surface area contributed by atoms with E-state index in [0.717, 1.165) is 11.1 Å².